The van der Waals surface area contributed by atoms with Gasteiger partial charge in [-0.05, 0) is 18.4 Å². The maximum atomic E-state index is 13.1. The van der Waals surface area contributed by atoms with E-state index < -0.39 is 37.5 Å². The first kappa shape index (κ1) is 24.5. The average Bonchev–Trinajstić information content (AvgIpc) is 3.25. The van der Waals surface area contributed by atoms with Gasteiger partial charge in [0, 0.05) is 19.4 Å². The summed E-state index contributed by atoms with van der Waals surface area (Å²) in [6.07, 6.45) is 0.339. The topological polar surface area (TPSA) is 138 Å². The lowest BCUT2D eigenvalue weighted by Gasteiger charge is -2.21. The van der Waals surface area contributed by atoms with Crippen molar-refractivity contribution in [3.05, 3.63) is 69.0 Å². The lowest BCUT2D eigenvalue weighted by Crippen LogP contribution is -2.31. The van der Waals surface area contributed by atoms with E-state index in [0.717, 1.165) is 5.56 Å². The van der Waals surface area contributed by atoms with E-state index >= 15 is 0 Å². The number of hydrogen-bond acceptors (Lipinski definition) is 9. The second kappa shape index (κ2) is 11.7. The van der Waals surface area contributed by atoms with Gasteiger partial charge >= 0.3 is 13.5 Å². The molecule has 0 aliphatic carbocycles. The first-order valence-corrected chi connectivity index (χ1v) is 11.6. The molecule has 1 aromatic carbocycles. The zero-order valence-electron chi connectivity index (χ0n) is 17.6. The maximum absolute atomic E-state index is 13.1. The van der Waals surface area contributed by atoms with Crippen molar-refractivity contribution in [1.29, 1.82) is 0 Å². The molecule has 4 unspecified atom stereocenters. The monoisotopic (exact) mass is 470 g/mol. The summed E-state index contributed by atoms with van der Waals surface area (Å²) in [5.74, 6) is 0. The summed E-state index contributed by atoms with van der Waals surface area (Å²) in [5.41, 5.74) is -0.295. The number of nitrogens with zero attached hydrogens (tertiary/aromatic N) is 1. The normalized spacial score (nSPS) is 21.3. The van der Waals surface area contributed by atoms with E-state index in [0.29, 0.717) is 12.8 Å². The van der Waals surface area contributed by atoms with Crippen molar-refractivity contribution in [2.24, 2.45) is 0 Å². The molecular formula is C20H27N2O9P. The summed E-state index contributed by atoms with van der Waals surface area (Å²) in [5, 5.41) is 9.82. The maximum Gasteiger partial charge on any atom is 0.475 e. The van der Waals surface area contributed by atoms with Gasteiger partial charge in [0.15, 0.2) is 0 Å². The number of rotatable bonds is 12. The number of nitrogens with one attached hydrogen (secondary N) is 1. The Morgan fingerprint density at radius 1 is 1.16 bits per heavy atom. The number of H-pyrrole nitrogens is 1. The van der Waals surface area contributed by atoms with Crippen LogP contribution in [0.3, 0.4) is 0 Å². The minimum Gasteiger partial charge on any atom is -0.388 e. The van der Waals surface area contributed by atoms with Crippen LogP contribution in [0.5, 0.6) is 0 Å². The Labute approximate surface area is 184 Å². The summed E-state index contributed by atoms with van der Waals surface area (Å²) in [6, 6.07) is 10.3. The molecule has 2 N–H and O–H groups in total. The molecule has 2 heterocycles. The lowest BCUT2D eigenvalue weighted by molar-refractivity contribution is -0.0326. The van der Waals surface area contributed by atoms with Crippen molar-refractivity contribution >= 4 is 7.82 Å². The second-order valence-corrected chi connectivity index (χ2v) is 8.88. The number of phosphoric acid groups is 1. The number of aliphatic hydroxyl groups excluding tert-OH is 1. The Balaban J connectivity index is 1.59. The highest BCUT2D eigenvalue weighted by Crippen LogP contribution is 2.51. The van der Waals surface area contributed by atoms with Gasteiger partial charge in [0.05, 0.1) is 32.5 Å². The molecule has 1 aliphatic rings. The van der Waals surface area contributed by atoms with E-state index in [2.05, 4.69) is 4.98 Å². The third kappa shape index (κ3) is 7.21. The van der Waals surface area contributed by atoms with Crippen molar-refractivity contribution in [3.63, 3.8) is 0 Å². The lowest BCUT2D eigenvalue weighted by atomic mass is 10.2. The van der Waals surface area contributed by atoms with Gasteiger partial charge in [0.1, 0.15) is 12.3 Å². The highest BCUT2D eigenvalue weighted by molar-refractivity contribution is 7.48. The van der Waals surface area contributed by atoms with Crippen LogP contribution in [0, 0.1) is 0 Å². The van der Waals surface area contributed by atoms with E-state index in [-0.39, 0.29) is 26.4 Å². The van der Waals surface area contributed by atoms with Gasteiger partial charge in [0.25, 0.3) is 5.56 Å². The molecule has 0 bridgehead atoms. The fourth-order valence-corrected chi connectivity index (χ4v) is 4.33. The van der Waals surface area contributed by atoms with Crippen LogP contribution in [0.15, 0.2) is 52.2 Å². The van der Waals surface area contributed by atoms with Crippen molar-refractivity contribution in [2.45, 2.75) is 37.9 Å². The molecule has 1 saturated heterocycles. The number of aromatic nitrogens is 2. The van der Waals surface area contributed by atoms with Crippen molar-refractivity contribution in [2.75, 3.05) is 26.9 Å². The molecule has 1 aliphatic heterocycles. The number of ether oxygens (including phenoxy) is 2. The highest BCUT2D eigenvalue weighted by atomic mass is 31.2. The third-order valence-corrected chi connectivity index (χ3v) is 6.06. The smallest absolute Gasteiger partial charge is 0.388 e. The standard InChI is InChI=1S/C20H27N2O9P/c1-27-12-16(23)13-29-32(26,28-11-15-5-3-2-4-6-15)30-14-17-7-8-19(31-17)22-10-9-18(24)21-20(22)25/h2-6,9-10,16-17,19,23H,7-8,11-14H2,1H3,(H,21,24,25). The largest absolute Gasteiger partial charge is 0.475 e. The first-order valence-electron chi connectivity index (χ1n) is 10.1. The Kier molecular flexibility index (Phi) is 8.94. The van der Waals surface area contributed by atoms with Gasteiger partial charge in [-0.25, -0.2) is 9.36 Å². The fraction of sp³-hybridized carbons (Fsp3) is 0.500. The van der Waals surface area contributed by atoms with Crippen LogP contribution >= 0.6 is 7.82 Å². The predicted molar refractivity (Wildman–Crippen MR) is 113 cm³/mol. The molecule has 0 spiro atoms. The van der Waals surface area contributed by atoms with E-state index in [4.69, 9.17) is 23.0 Å². The molecular weight excluding hydrogens is 443 g/mol. The van der Waals surface area contributed by atoms with E-state index in [1.54, 1.807) is 12.1 Å². The summed E-state index contributed by atoms with van der Waals surface area (Å²) >= 11 is 0. The van der Waals surface area contributed by atoms with Crippen LogP contribution in [0.25, 0.3) is 0 Å². The van der Waals surface area contributed by atoms with E-state index in [9.17, 15) is 19.3 Å². The Morgan fingerprint density at radius 2 is 1.94 bits per heavy atom. The number of hydrogen-bond donors (Lipinski definition) is 2. The molecule has 1 fully saturated rings. The van der Waals surface area contributed by atoms with Crippen LogP contribution in [-0.4, -0.2) is 53.8 Å². The fourth-order valence-electron chi connectivity index (χ4n) is 3.10. The Morgan fingerprint density at radius 3 is 2.66 bits per heavy atom. The molecule has 0 amide bonds. The van der Waals surface area contributed by atoms with Crippen LogP contribution in [0.2, 0.25) is 0 Å². The van der Waals surface area contributed by atoms with Gasteiger partial charge in [-0.3, -0.25) is 27.9 Å². The van der Waals surface area contributed by atoms with Gasteiger partial charge in [-0.2, -0.15) is 0 Å². The zero-order valence-corrected chi connectivity index (χ0v) is 18.5. The van der Waals surface area contributed by atoms with Gasteiger partial charge in [0.2, 0.25) is 0 Å². The van der Waals surface area contributed by atoms with Gasteiger partial charge < -0.3 is 14.6 Å². The van der Waals surface area contributed by atoms with Crippen molar-refractivity contribution in [1.82, 2.24) is 9.55 Å². The Hall–Kier alpha value is -2.11. The van der Waals surface area contributed by atoms with Gasteiger partial charge in [-0.15, -0.1) is 0 Å². The van der Waals surface area contributed by atoms with Crippen LogP contribution in [-0.2, 0) is 34.2 Å². The summed E-state index contributed by atoms with van der Waals surface area (Å²) in [7, 11) is -2.61. The molecule has 4 atom stereocenters. The second-order valence-electron chi connectivity index (χ2n) is 7.21. The average molecular weight is 470 g/mol. The van der Waals surface area contributed by atoms with Crippen molar-refractivity contribution < 1.29 is 32.7 Å². The number of benzene rings is 1. The Bertz CT molecular complexity index is 1010. The molecule has 176 valence electrons. The quantitative estimate of drug-likeness (QED) is 0.443. The third-order valence-electron chi connectivity index (χ3n) is 4.68. The van der Waals surface area contributed by atoms with E-state index in [1.807, 2.05) is 18.2 Å². The number of aliphatic hydroxyl groups is 1. The zero-order chi connectivity index (χ0) is 23.0. The first-order chi connectivity index (χ1) is 15.4. The van der Waals surface area contributed by atoms with Crippen LogP contribution in [0.1, 0.15) is 24.6 Å². The van der Waals surface area contributed by atoms with E-state index in [1.165, 1.54) is 23.9 Å². The highest BCUT2D eigenvalue weighted by Gasteiger charge is 2.33. The number of aromatic amines is 1. The predicted octanol–water partition coefficient (Wildman–Crippen LogP) is 1.58. The molecule has 12 heteroatoms. The molecule has 0 saturated carbocycles. The summed E-state index contributed by atoms with van der Waals surface area (Å²) in [4.78, 5) is 25.4. The minimum absolute atomic E-state index is 0.0000206. The number of phosphoric ester groups is 1. The molecule has 1 aromatic heterocycles. The van der Waals surface area contributed by atoms with Crippen molar-refractivity contribution in [3.8, 4) is 0 Å². The SMILES string of the molecule is COCC(O)COP(=O)(OCc1ccccc1)OCC1CCC(n2ccc(=O)[nH]c2=O)O1. The van der Waals surface area contributed by atoms with Gasteiger partial charge in [-0.1, -0.05) is 30.3 Å². The molecule has 3 rings (SSSR count). The molecule has 0 radical (unpaired) electrons. The molecule has 2 aromatic rings. The molecule has 11 nitrogen and oxygen atoms in total. The summed E-state index contributed by atoms with van der Waals surface area (Å²) < 4.78 is 41.3. The molecule has 32 heavy (non-hydrogen) atoms. The van der Waals surface area contributed by atoms with Crippen LogP contribution in [0.4, 0.5) is 0 Å². The van der Waals surface area contributed by atoms with Crippen LogP contribution < -0.4 is 11.2 Å². The summed E-state index contributed by atoms with van der Waals surface area (Å²) in [6.45, 7) is -0.429. The number of methoxy groups -OCH3 is 1. The minimum atomic E-state index is -4.03.